The molecule has 1 aromatic rings. The van der Waals surface area contributed by atoms with Crippen LogP contribution in [0.1, 0.15) is 18.4 Å². The van der Waals surface area contributed by atoms with Gasteiger partial charge in [-0.25, -0.2) is 17.1 Å². The maximum absolute atomic E-state index is 13.5. The highest BCUT2D eigenvalue weighted by atomic mass is 35.5. The van der Waals surface area contributed by atoms with Gasteiger partial charge in [0.15, 0.2) is 0 Å². The van der Waals surface area contributed by atoms with E-state index >= 15 is 0 Å². The van der Waals surface area contributed by atoms with E-state index in [-0.39, 0.29) is 29.8 Å². The van der Waals surface area contributed by atoms with Gasteiger partial charge in [-0.3, -0.25) is 0 Å². The van der Waals surface area contributed by atoms with E-state index in [1.165, 1.54) is 16.4 Å². The second-order valence-corrected chi connectivity index (χ2v) is 6.58. The van der Waals surface area contributed by atoms with Gasteiger partial charge in [-0.2, -0.15) is 0 Å². The maximum atomic E-state index is 13.5. The molecule has 7 heteroatoms. The molecule has 1 unspecified atom stereocenters. The van der Waals surface area contributed by atoms with E-state index in [2.05, 4.69) is 0 Å². The van der Waals surface area contributed by atoms with Crippen molar-refractivity contribution < 1.29 is 12.8 Å². The van der Waals surface area contributed by atoms with Crippen LogP contribution in [0.25, 0.3) is 0 Å². The van der Waals surface area contributed by atoms with Gasteiger partial charge >= 0.3 is 0 Å². The third kappa shape index (κ3) is 4.14. The molecule has 1 atom stereocenters. The average molecular weight is 309 g/mol. The Hall–Kier alpha value is -0.690. The summed E-state index contributed by atoms with van der Waals surface area (Å²) in [4.78, 5) is 0. The molecule has 1 heterocycles. The van der Waals surface area contributed by atoms with Gasteiger partial charge in [0.25, 0.3) is 0 Å². The van der Waals surface area contributed by atoms with Crippen LogP contribution in [0.3, 0.4) is 0 Å². The molecule has 0 aromatic heterocycles. The van der Waals surface area contributed by atoms with Gasteiger partial charge in [0, 0.05) is 24.7 Å². The Labute approximate surface area is 119 Å². The molecular formula is C12H18ClFN2O2S. The quantitative estimate of drug-likeness (QED) is 0.920. The topological polar surface area (TPSA) is 63.4 Å². The van der Waals surface area contributed by atoms with Crippen molar-refractivity contribution in [2.24, 2.45) is 5.73 Å². The molecule has 19 heavy (non-hydrogen) atoms. The Morgan fingerprint density at radius 1 is 1.37 bits per heavy atom. The van der Waals surface area contributed by atoms with Crippen LogP contribution in [0.5, 0.6) is 0 Å². The lowest BCUT2D eigenvalue weighted by Crippen LogP contribution is -2.46. The summed E-state index contributed by atoms with van der Waals surface area (Å²) < 4.78 is 39.1. The number of halogens is 2. The zero-order chi connectivity index (χ0) is 13.2. The Morgan fingerprint density at radius 3 is 2.68 bits per heavy atom. The largest absolute Gasteiger partial charge is 0.327 e. The lowest BCUT2D eigenvalue weighted by atomic mass is 10.1. The van der Waals surface area contributed by atoms with E-state index in [4.69, 9.17) is 5.73 Å². The second kappa shape index (κ2) is 6.65. The minimum Gasteiger partial charge on any atom is -0.327 e. The van der Waals surface area contributed by atoms with Crippen LogP contribution in [0.4, 0.5) is 4.39 Å². The van der Waals surface area contributed by atoms with Crippen molar-refractivity contribution in [1.82, 2.24) is 4.31 Å². The Morgan fingerprint density at radius 2 is 2.05 bits per heavy atom. The van der Waals surface area contributed by atoms with E-state index in [9.17, 15) is 12.8 Å². The SMILES string of the molecule is Cl.NC1CCCN(S(=O)(=O)Cc2ccccc2F)C1. The zero-order valence-electron chi connectivity index (χ0n) is 10.5. The van der Waals surface area contributed by atoms with Crippen molar-refractivity contribution in [2.75, 3.05) is 13.1 Å². The van der Waals surface area contributed by atoms with Gasteiger partial charge in [0.2, 0.25) is 10.0 Å². The molecule has 0 aliphatic carbocycles. The highest BCUT2D eigenvalue weighted by Gasteiger charge is 2.28. The molecule has 4 nitrogen and oxygen atoms in total. The van der Waals surface area contributed by atoms with Gasteiger partial charge in [-0.05, 0) is 18.9 Å². The van der Waals surface area contributed by atoms with Crippen LogP contribution >= 0.6 is 12.4 Å². The third-order valence-electron chi connectivity index (χ3n) is 3.11. The lowest BCUT2D eigenvalue weighted by molar-refractivity contribution is 0.315. The summed E-state index contributed by atoms with van der Waals surface area (Å²) in [7, 11) is -3.48. The van der Waals surface area contributed by atoms with Crippen LogP contribution in [0.2, 0.25) is 0 Å². The summed E-state index contributed by atoms with van der Waals surface area (Å²) in [5, 5.41) is 0. The first-order chi connectivity index (χ1) is 8.49. The smallest absolute Gasteiger partial charge is 0.218 e. The summed E-state index contributed by atoms with van der Waals surface area (Å²) in [5.41, 5.74) is 5.97. The molecule has 0 radical (unpaired) electrons. The number of nitrogens with zero attached hydrogens (tertiary/aromatic N) is 1. The molecule has 0 amide bonds. The van der Waals surface area contributed by atoms with Gasteiger partial charge in [0.1, 0.15) is 5.82 Å². The van der Waals surface area contributed by atoms with Crippen molar-refractivity contribution >= 4 is 22.4 Å². The molecule has 1 fully saturated rings. The zero-order valence-corrected chi connectivity index (χ0v) is 12.1. The third-order valence-corrected chi connectivity index (χ3v) is 4.90. The molecule has 1 aliphatic heterocycles. The maximum Gasteiger partial charge on any atom is 0.218 e. The highest BCUT2D eigenvalue weighted by molar-refractivity contribution is 7.88. The molecule has 0 saturated carbocycles. The minimum absolute atomic E-state index is 0. The number of benzene rings is 1. The summed E-state index contributed by atoms with van der Waals surface area (Å²) in [6, 6.07) is 5.83. The minimum atomic E-state index is -3.48. The second-order valence-electron chi connectivity index (χ2n) is 4.61. The van der Waals surface area contributed by atoms with Crippen LogP contribution in [0, 0.1) is 5.82 Å². The number of hydrogen-bond donors (Lipinski definition) is 1. The van der Waals surface area contributed by atoms with Gasteiger partial charge < -0.3 is 5.73 Å². The molecular weight excluding hydrogens is 291 g/mol. The van der Waals surface area contributed by atoms with Crippen molar-refractivity contribution in [3.63, 3.8) is 0 Å². The molecule has 1 aliphatic rings. The fourth-order valence-electron chi connectivity index (χ4n) is 2.13. The van der Waals surface area contributed by atoms with Crippen molar-refractivity contribution in [3.05, 3.63) is 35.6 Å². The first-order valence-corrected chi connectivity index (χ1v) is 7.57. The standard InChI is InChI=1S/C12H17FN2O2S.ClH/c13-12-6-2-1-4-10(12)9-18(16,17)15-7-3-5-11(14)8-15;/h1-2,4,6,11H,3,5,7-9,14H2;1H. The number of sulfonamides is 1. The van der Waals surface area contributed by atoms with E-state index < -0.39 is 15.8 Å². The van der Waals surface area contributed by atoms with Crippen LogP contribution < -0.4 is 5.73 Å². The molecule has 2 N–H and O–H groups in total. The van der Waals surface area contributed by atoms with E-state index in [0.29, 0.717) is 13.1 Å². The van der Waals surface area contributed by atoms with Crippen molar-refractivity contribution in [2.45, 2.75) is 24.6 Å². The van der Waals surface area contributed by atoms with Gasteiger partial charge in [0.05, 0.1) is 5.75 Å². The monoisotopic (exact) mass is 308 g/mol. The number of rotatable bonds is 3. The van der Waals surface area contributed by atoms with E-state index in [1.807, 2.05) is 0 Å². The molecule has 0 spiro atoms. The number of hydrogen-bond acceptors (Lipinski definition) is 3. The van der Waals surface area contributed by atoms with Gasteiger partial charge in [-0.15, -0.1) is 12.4 Å². The summed E-state index contributed by atoms with van der Waals surface area (Å²) >= 11 is 0. The van der Waals surface area contributed by atoms with Crippen LogP contribution in [-0.2, 0) is 15.8 Å². The lowest BCUT2D eigenvalue weighted by Gasteiger charge is -2.29. The predicted molar refractivity (Wildman–Crippen MR) is 75.1 cm³/mol. The van der Waals surface area contributed by atoms with Crippen LogP contribution in [-0.4, -0.2) is 31.9 Å². The summed E-state index contributed by atoms with van der Waals surface area (Å²) in [6.45, 7) is 0.807. The molecule has 0 bridgehead atoms. The Bertz CT molecular complexity index is 524. The summed E-state index contributed by atoms with van der Waals surface area (Å²) in [5.74, 6) is -0.783. The summed E-state index contributed by atoms with van der Waals surface area (Å²) in [6.07, 6.45) is 1.60. The van der Waals surface area contributed by atoms with Crippen molar-refractivity contribution in [3.8, 4) is 0 Å². The number of piperidine rings is 1. The van der Waals surface area contributed by atoms with Crippen LogP contribution in [0.15, 0.2) is 24.3 Å². The van der Waals surface area contributed by atoms with E-state index in [0.717, 1.165) is 12.8 Å². The van der Waals surface area contributed by atoms with Gasteiger partial charge in [-0.1, -0.05) is 18.2 Å². The first-order valence-electron chi connectivity index (χ1n) is 5.96. The molecule has 108 valence electrons. The fourth-order valence-corrected chi connectivity index (χ4v) is 3.77. The molecule has 2 rings (SSSR count). The average Bonchev–Trinajstić information content (AvgIpc) is 2.32. The normalized spacial score (nSPS) is 20.8. The Balaban J connectivity index is 0.00000180. The predicted octanol–water partition coefficient (Wildman–Crippen LogP) is 1.50. The van der Waals surface area contributed by atoms with E-state index in [1.54, 1.807) is 12.1 Å². The van der Waals surface area contributed by atoms with Crippen molar-refractivity contribution in [1.29, 1.82) is 0 Å². The Kier molecular flexibility index (Phi) is 5.73. The fraction of sp³-hybridized carbons (Fsp3) is 0.500. The number of nitrogens with two attached hydrogens (primary N) is 1. The first kappa shape index (κ1) is 16.4. The highest BCUT2D eigenvalue weighted by Crippen LogP contribution is 2.18. The molecule has 1 aromatic carbocycles. The molecule has 1 saturated heterocycles.